The normalized spacial score (nSPS) is 21.5. The van der Waals surface area contributed by atoms with Gasteiger partial charge in [-0.05, 0) is 50.9 Å². The summed E-state index contributed by atoms with van der Waals surface area (Å²) in [5.74, 6) is -0.257. The number of nitrogens with one attached hydrogen (secondary N) is 2. The Balaban J connectivity index is 0.00000280. The Hall–Kier alpha value is -1.75. The first-order chi connectivity index (χ1) is 12.9. The molecule has 1 aromatic rings. The van der Waals surface area contributed by atoms with Crippen molar-refractivity contribution in [2.45, 2.75) is 49.1 Å². The third kappa shape index (κ3) is 4.99. The molecule has 1 amide bonds. The number of halogens is 1. The van der Waals surface area contributed by atoms with E-state index in [-0.39, 0.29) is 41.5 Å². The molecule has 3 rings (SSSR count). The van der Waals surface area contributed by atoms with E-state index < -0.39 is 21.0 Å². The molecule has 1 atom stereocenters. The Morgan fingerprint density at radius 2 is 1.79 bits per heavy atom. The van der Waals surface area contributed by atoms with Gasteiger partial charge in [0.25, 0.3) is 5.69 Å². The van der Waals surface area contributed by atoms with Crippen molar-refractivity contribution in [2.24, 2.45) is 0 Å². The summed E-state index contributed by atoms with van der Waals surface area (Å²) in [6, 6.07) is 4.11. The third-order valence-electron chi connectivity index (χ3n) is 5.10. The van der Waals surface area contributed by atoms with Crippen LogP contribution in [-0.2, 0) is 14.8 Å². The van der Waals surface area contributed by atoms with Crippen LogP contribution in [0.3, 0.4) is 0 Å². The average Bonchev–Trinajstić information content (AvgIpc) is 2.69. The highest BCUT2D eigenvalue weighted by atomic mass is 35.5. The van der Waals surface area contributed by atoms with Gasteiger partial charge in [-0.2, -0.15) is 4.31 Å². The molecule has 0 saturated carbocycles. The van der Waals surface area contributed by atoms with Crippen molar-refractivity contribution in [2.75, 3.05) is 19.6 Å². The van der Waals surface area contributed by atoms with Gasteiger partial charge in [0.1, 0.15) is 6.04 Å². The van der Waals surface area contributed by atoms with E-state index in [9.17, 15) is 23.3 Å². The number of piperidine rings is 2. The number of benzene rings is 1. The molecule has 2 aliphatic heterocycles. The fourth-order valence-corrected chi connectivity index (χ4v) is 5.25. The topological polar surface area (TPSA) is 122 Å². The lowest BCUT2D eigenvalue weighted by Gasteiger charge is -2.35. The SMILES string of the molecule is Cl.O=C(NC1CCNCC1)C1CCCCN1S(=O)(=O)c1ccc([N+](=O)[O-])cc1. The number of hydrogen-bond acceptors (Lipinski definition) is 6. The maximum atomic E-state index is 13.0. The largest absolute Gasteiger partial charge is 0.352 e. The number of carbonyl (C=O) groups is 1. The molecule has 1 aromatic carbocycles. The molecule has 2 N–H and O–H groups in total. The Kier molecular flexibility index (Phi) is 7.76. The molecule has 0 aliphatic carbocycles. The van der Waals surface area contributed by atoms with E-state index in [4.69, 9.17) is 0 Å². The van der Waals surface area contributed by atoms with Crippen molar-refractivity contribution < 1.29 is 18.1 Å². The Morgan fingerprint density at radius 3 is 2.39 bits per heavy atom. The zero-order valence-electron chi connectivity index (χ0n) is 15.4. The number of nitrogens with zero attached hydrogens (tertiary/aromatic N) is 2. The lowest BCUT2D eigenvalue weighted by atomic mass is 10.0. The molecule has 2 saturated heterocycles. The highest BCUT2D eigenvalue weighted by Crippen LogP contribution is 2.27. The van der Waals surface area contributed by atoms with E-state index in [1.165, 1.54) is 28.6 Å². The minimum Gasteiger partial charge on any atom is -0.352 e. The minimum absolute atomic E-state index is 0. The zero-order valence-corrected chi connectivity index (χ0v) is 17.0. The average molecular weight is 433 g/mol. The van der Waals surface area contributed by atoms with Crippen molar-refractivity contribution >= 4 is 34.0 Å². The maximum Gasteiger partial charge on any atom is 0.269 e. The number of hydrogen-bond donors (Lipinski definition) is 2. The highest BCUT2D eigenvalue weighted by molar-refractivity contribution is 7.89. The van der Waals surface area contributed by atoms with Crippen LogP contribution >= 0.6 is 12.4 Å². The second-order valence-corrected chi connectivity index (χ2v) is 8.80. The van der Waals surface area contributed by atoms with Crippen molar-refractivity contribution in [1.82, 2.24) is 14.9 Å². The first kappa shape index (κ1) is 22.5. The number of amides is 1. The predicted molar refractivity (Wildman–Crippen MR) is 106 cm³/mol. The summed E-state index contributed by atoms with van der Waals surface area (Å²) in [5, 5.41) is 17.0. The molecule has 2 aliphatic rings. The van der Waals surface area contributed by atoms with Crippen LogP contribution in [0.5, 0.6) is 0 Å². The number of sulfonamides is 1. The van der Waals surface area contributed by atoms with Crippen LogP contribution in [0.25, 0.3) is 0 Å². The molecule has 0 spiro atoms. The van der Waals surface area contributed by atoms with Crippen LogP contribution in [0.4, 0.5) is 5.69 Å². The van der Waals surface area contributed by atoms with Gasteiger partial charge in [0.2, 0.25) is 15.9 Å². The summed E-state index contributed by atoms with van der Waals surface area (Å²) in [7, 11) is -3.90. The van der Waals surface area contributed by atoms with Crippen LogP contribution in [0.15, 0.2) is 29.2 Å². The quantitative estimate of drug-likeness (QED) is 0.536. The molecular formula is C17H25ClN4O5S. The van der Waals surface area contributed by atoms with Crippen LogP contribution in [-0.4, -0.2) is 55.3 Å². The van der Waals surface area contributed by atoms with Gasteiger partial charge >= 0.3 is 0 Å². The van der Waals surface area contributed by atoms with E-state index in [0.717, 1.165) is 32.4 Å². The van der Waals surface area contributed by atoms with Crippen LogP contribution < -0.4 is 10.6 Å². The van der Waals surface area contributed by atoms with Crippen molar-refractivity contribution in [1.29, 1.82) is 0 Å². The molecule has 1 unspecified atom stereocenters. The first-order valence-corrected chi connectivity index (χ1v) is 10.6. The number of nitro groups is 1. The van der Waals surface area contributed by atoms with E-state index in [0.29, 0.717) is 12.8 Å². The van der Waals surface area contributed by atoms with Crippen molar-refractivity contribution in [3.63, 3.8) is 0 Å². The van der Waals surface area contributed by atoms with E-state index in [1.807, 2.05) is 0 Å². The fourth-order valence-electron chi connectivity index (χ4n) is 3.59. The monoisotopic (exact) mass is 432 g/mol. The predicted octanol–water partition coefficient (Wildman–Crippen LogP) is 1.43. The lowest BCUT2D eigenvalue weighted by Crippen LogP contribution is -2.54. The van der Waals surface area contributed by atoms with Crippen LogP contribution in [0, 0.1) is 10.1 Å². The number of carbonyl (C=O) groups excluding carboxylic acids is 1. The van der Waals surface area contributed by atoms with E-state index in [2.05, 4.69) is 10.6 Å². The molecule has 2 fully saturated rings. The Morgan fingerprint density at radius 1 is 1.14 bits per heavy atom. The summed E-state index contributed by atoms with van der Waals surface area (Å²) in [6.07, 6.45) is 3.60. The second-order valence-electron chi connectivity index (χ2n) is 6.91. The molecule has 0 bridgehead atoms. The van der Waals surface area contributed by atoms with Gasteiger partial charge in [0, 0.05) is 24.7 Å². The van der Waals surface area contributed by atoms with Gasteiger partial charge in [-0.3, -0.25) is 14.9 Å². The summed E-state index contributed by atoms with van der Waals surface area (Å²) in [5.41, 5.74) is -0.173. The zero-order chi connectivity index (χ0) is 19.4. The second kappa shape index (κ2) is 9.64. The third-order valence-corrected chi connectivity index (χ3v) is 7.02. The molecule has 9 nitrogen and oxygen atoms in total. The molecule has 0 radical (unpaired) electrons. The summed E-state index contributed by atoms with van der Waals surface area (Å²) < 4.78 is 27.3. The Bertz CT molecular complexity index is 796. The van der Waals surface area contributed by atoms with Gasteiger partial charge in [0.05, 0.1) is 9.82 Å². The van der Waals surface area contributed by atoms with Crippen molar-refractivity contribution in [3.8, 4) is 0 Å². The van der Waals surface area contributed by atoms with E-state index in [1.54, 1.807) is 0 Å². The van der Waals surface area contributed by atoms with E-state index >= 15 is 0 Å². The molecule has 156 valence electrons. The van der Waals surface area contributed by atoms with Crippen LogP contribution in [0.1, 0.15) is 32.1 Å². The molecule has 0 aromatic heterocycles. The Labute approximate surface area is 170 Å². The molecule has 28 heavy (non-hydrogen) atoms. The minimum atomic E-state index is -3.90. The molecule has 2 heterocycles. The fraction of sp³-hybridized carbons (Fsp3) is 0.588. The number of nitro benzene ring substituents is 1. The summed E-state index contributed by atoms with van der Waals surface area (Å²) in [6.45, 7) is 1.93. The molecule has 11 heteroatoms. The first-order valence-electron chi connectivity index (χ1n) is 9.17. The van der Waals surface area contributed by atoms with Crippen LogP contribution in [0.2, 0.25) is 0 Å². The van der Waals surface area contributed by atoms with Gasteiger partial charge in [-0.15, -0.1) is 12.4 Å². The number of non-ortho nitro benzene ring substituents is 1. The number of rotatable bonds is 5. The van der Waals surface area contributed by atoms with Gasteiger partial charge in [-0.25, -0.2) is 8.42 Å². The highest BCUT2D eigenvalue weighted by Gasteiger charge is 2.38. The van der Waals surface area contributed by atoms with Gasteiger partial charge in [0.15, 0.2) is 0 Å². The van der Waals surface area contributed by atoms with Gasteiger partial charge in [-0.1, -0.05) is 6.42 Å². The standard InChI is InChI=1S/C17H24N4O5S.ClH/c22-17(19-13-8-10-18-11-9-13)16-3-1-2-12-20(16)27(25,26)15-6-4-14(5-7-15)21(23)24;/h4-7,13,16,18H,1-3,8-12H2,(H,19,22);1H. The maximum absolute atomic E-state index is 13.0. The summed E-state index contributed by atoms with van der Waals surface area (Å²) in [4.78, 5) is 22.9. The molecular weight excluding hydrogens is 408 g/mol. The van der Waals surface area contributed by atoms with Crippen molar-refractivity contribution in [3.05, 3.63) is 34.4 Å². The smallest absolute Gasteiger partial charge is 0.269 e. The lowest BCUT2D eigenvalue weighted by molar-refractivity contribution is -0.384. The summed E-state index contributed by atoms with van der Waals surface area (Å²) >= 11 is 0. The van der Waals surface area contributed by atoms with Gasteiger partial charge < -0.3 is 10.6 Å².